The minimum atomic E-state index is -0.166. The Morgan fingerprint density at radius 2 is 1.90 bits per heavy atom. The van der Waals surface area contributed by atoms with Crippen LogP contribution in [0.1, 0.15) is 29.3 Å². The van der Waals surface area contributed by atoms with E-state index < -0.39 is 0 Å². The first-order valence-corrected chi connectivity index (χ1v) is 7.34. The molecule has 20 heavy (non-hydrogen) atoms. The largest absolute Gasteiger partial charge is 0.399 e. The molecule has 0 heterocycles. The summed E-state index contributed by atoms with van der Waals surface area (Å²) >= 11 is 3.33. The Kier molecular flexibility index (Phi) is 4.79. The standard InChI is InChI=1S/C16H17BrN2O/c1-2-3-11-4-6-15(7-5-11)19-16(20)12-8-13(17)10-14(18)9-12/h4-10H,2-3,18H2,1H3,(H,19,20). The number of amides is 1. The Bertz CT molecular complexity index is 588. The molecule has 0 aliphatic rings. The van der Waals surface area contributed by atoms with E-state index in [0.717, 1.165) is 23.0 Å². The molecule has 0 saturated heterocycles. The maximum Gasteiger partial charge on any atom is 0.255 e. The first-order valence-electron chi connectivity index (χ1n) is 6.55. The van der Waals surface area contributed by atoms with Gasteiger partial charge in [-0.1, -0.05) is 41.4 Å². The molecule has 104 valence electrons. The third kappa shape index (κ3) is 3.84. The van der Waals surface area contributed by atoms with Crippen molar-refractivity contribution < 1.29 is 4.79 Å². The first kappa shape index (κ1) is 14.6. The summed E-state index contributed by atoms with van der Waals surface area (Å²) in [6.45, 7) is 2.15. The molecule has 0 aromatic heterocycles. The molecule has 2 rings (SSSR count). The number of nitrogens with one attached hydrogen (secondary N) is 1. The van der Waals surface area contributed by atoms with Gasteiger partial charge in [-0.25, -0.2) is 0 Å². The second kappa shape index (κ2) is 6.57. The number of anilines is 2. The lowest BCUT2D eigenvalue weighted by Gasteiger charge is -2.07. The van der Waals surface area contributed by atoms with Gasteiger partial charge in [-0.3, -0.25) is 4.79 Å². The zero-order valence-electron chi connectivity index (χ0n) is 11.3. The highest BCUT2D eigenvalue weighted by molar-refractivity contribution is 9.10. The van der Waals surface area contributed by atoms with E-state index in [2.05, 4.69) is 28.2 Å². The van der Waals surface area contributed by atoms with Crippen LogP contribution in [0.15, 0.2) is 46.9 Å². The van der Waals surface area contributed by atoms with Gasteiger partial charge in [-0.2, -0.15) is 0 Å². The molecule has 2 aromatic carbocycles. The van der Waals surface area contributed by atoms with E-state index in [-0.39, 0.29) is 5.91 Å². The number of nitrogen functional groups attached to an aromatic ring is 1. The molecule has 0 radical (unpaired) electrons. The fourth-order valence-electron chi connectivity index (χ4n) is 1.99. The van der Waals surface area contributed by atoms with Gasteiger partial charge in [0.2, 0.25) is 0 Å². The van der Waals surface area contributed by atoms with E-state index in [1.54, 1.807) is 18.2 Å². The molecule has 0 spiro atoms. The lowest BCUT2D eigenvalue weighted by Crippen LogP contribution is -2.12. The predicted molar refractivity (Wildman–Crippen MR) is 86.9 cm³/mol. The number of aryl methyl sites for hydroxylation is 1. The van der Waals surface area contributed by atoms with E-state index in [1.807, 2.05) is 24.3 Å². The summed E-state index contributed by atoms with van der Waals surface area (Å²) < 4.78 is 0.793. The molecule has 0 fully saturated rings. The van der Waals surface area contributed by atoms with Crippen molar-refractivity contribution in [1.29, 1.82) is 0 Å². The first-order chi connectivity index (χ1) is 9.58. The van der Waals surface area contributed by atoms with Gasteiger partial charge in [0, 0.05) is 21.4 Å². The fourth-order valence-corrected chi connectivity index (χ4v) is 2.50. The van der Waals surface area contributed by atoms with Crippen LogP contribution in [0.3, 0.4) is 0 Å². The lowest BCUT2D eigenvalue weighted by atomic mass is 10.1. The topological polar surface area (TPSA) is 55.1 Å². The average Bonchev–Trinajstić information content (AvgIpc) is 2.40. The van der Waals surface area contributed by atoms with Crippen molar-refractivity contribution in [3.8, 4) is 0 Å². The van der Waals surface area contributed by atoms with Crippen molar-refractivity contribution in [3.05, 3.63) is 58.1 Å². The number of carbonyl (C=O) groups excluding carboxylic acids is 1. The number of nitrogens with two attached hydrogens (primary N) is 1. The van der Waals surface area contributed by atoms with Gasteiger partial charge in [0.15, 0.2) is 0 Å². The van der Waals surface area contributed by atoms with Crippen molar-refractivity contribution >= 4 is 33.2 Å². The molecule has 0 aliphatic carbocycles. The number of hydrogen-bond acceptors (Lipinski definition) is 2. The van der Waals surface area contributed by atoms with Gasteiger partial charge >= 0.3 is 0 Å². The molecule has 3 N–H and O–H groups in total. The van der Waals surface area contributed by atoms with Crippen LogP contribution in [0.25, 0.3) is 0 Å². The predicted octanol–water partition coefficient (Wildman–Crippen LogP) is 4.24. The summed E-state index contributed by atoms with van der Waals surface area (Å²) in [6.07, 6.45) is 2.17. The highest BCUT2D eigenvalue weighted by atomic mass is 79.9. The molecule has 1 amide bonds. The molecule has 3 nitrogen and oxygen atoms in total. The van der Waals surface area contributed by atoms with Crippen molar-refractivity contribution in [2.45, 2.75) is 19.8 Å². The van der Waals surface area contributed by atoms with Crippen LogP contribution in [0, 0.1) is 0 Å². The van der Waals surface area contributed by atoms with Crippen molar-refractivity contribution in [3.63, 3.8) is 0 Å². The highest BCUT2D eigenvalue weighted by Crippen LogP contribution is 2.19. The quantitative estimate of drug-likeness (QED) is 0.823. The summed E-state index contributed by atoms with van der Waals surface area (Å²) in [5.74, 6) is -0.166. The normalized spacial score (nSPS) is 10.3. The van der Waals surface area contributed by atoms with Gasteiger partial charge in [0.1, 0.15) is 0 Å². The third-order valence-electron chi connectivity index (χ3n) is 2.93. The average molecular weight is 333 g/mol. The van der Waals surface area contributed by atoms with Gasteiger partial charge in [0.25, 0.3) is 5.91 Å². The molecule has 0 aliphatic heterocycles. The zero-order chi connectivity index (χ0) is 14.5. The van der Waals surface area contributed by atoms with Gasteiger partial charge in [0.05, 0.1) is 0 Å². The van der Waals surface area contributed by atoms with E-state index in [4.69, 9.17) is 5.73 Å². The van der Waals surface area contributed by atoms with Crippen LogP contribution < -0.4 is 11.1 Å². The molecule has 2 aromatic rings. The second-order valence-corrected chi connectivity index (χ2v) is 5.59. The molecule has 0 bridgehead atoms. The van der Waals surface area contributed by atoms with Crippen LogP contribution in [-0.4, -0.2) is 5.91 Å². The molecule has 0 atom stereocenters. The summed E-state index contributed by atoms with van der Waals surface area (Å²) in [4.78, 5) is 12.1. The molecular weight excluding hydrogens is 316 g/mol. The van der Waals surface area contributed by atoms with E-state index in [1.165, 1.54) is 5.56 Å². The number of rotatable bonds is 4. The van der Waals surface area contributed by atoms with Crippen LogP contribution >= 0.6 is 15.9 Å². The molecule has 0 saturated carbocycles. The third-order valence-corrected chi connectivity index (χ3v) is 3.39. The van der Waals surface area contributed by atoms with Crippen LogP contribution in [0.5, 0.6) is 0 Å². The maximum atomic E-state index is 12.1. The summed E-state index contributed by atoms with van der Waals surface area (Å²) in [7, 11) is 0. The van der Waals surface area contributed by atoms with Crippen LogP contribution in [-0.2, 0) is 6.42 Å². The van der Waals surface area contributed by atoms with Gasteiger partial charge < -0.3 is 11.1 Å². The highest BCUT2D eigenvalue weighted by Gasteiger charge is 2.07. The number of hydrogen-bond donors (Lipinski definition) is 2. The SMILES string of the molecule is CCCc1ccc(NC(=O)c2cc(N)cc(Br)c2)cc1. The zero-order valence-corrected chi connectivity index (χ0v) is 12.9. The Hall–Kier alpha value is -1.81. The van der Waals surface area contributed by atoms with E-state index in [9.17, 15) is 4.79 Å². The number of halogens is 1. The van der Waals surface area contributed by atoms with Gasteiger partial charge in [-0.15, -0.1) is 0 Å². The van der Waals surface area contributed by atoms with Crippen molar-refractivity contribution in [2.75, 3.05) is 11.1 Å². The minimum Gasteiger partial charge on any atom is -0.399 e. The monoisotopic (exact) mass is 332 g/mol. The molecule has 4 heteroatoms. The van der Waals surface area contributed by atoms with Crippen LogP contribution in [0.4, 0.5) is 11.4 Å². The van der Waals surface area contributed by atoms with Crippen LogP contribution in [0.2, 0.25) is 0 Å². The smallest absolute Gasteiger partial charge is 0.255 e. The van der Waals surface area contributed by atoms with Crippen molar-refractivity contribution in [1.82, 2.24) is 0 Å². The summed E-state index contributed by atoms with van der Waals surface area (Å²) in [5, 5.41) is 2.87. The van der Waals surface area contributed by atoms with Gasteiger partial charge in [-0.05, 0) is 42.3 Å². The summed E-state index contributed by atoms with van der Waals surface area (Å²) in [6, 6.07) is 13.1. The number of carbonyl (C=O) groups is 1. The minimum absolute atomic E-state index is 0.166. The van der Waals surface area contributed by atoms with Crippen molar-refractivity contribution in [2.24, 2.45) is 0 Å². The maximum absolute atomic E-state index is 12.1. The Labute approximate surface area is 127 Å². The Balaban J connectivity index is 2.10. The summed E-state index contributed by atoms with van der Waals surface area (Å²) in [5.41, 5.74) is 8.89. The lowest BCUT2D eigenvalue weighted by molar-refractivity contribution is 0.102. The van der Waals surface area contributed by atoms with E-state index >= 15 is 0 Å². The molecular formula is C16H17BrN2O. The van der Waals surface area contributed by atoms with E-state index in [0.29, 0.717) is 11.3 Å². The number of benzene rings is 2. The molecule has 0 unspecified atom stereocenters. The Morgan fingerprint density at radius 1 is 1.20 bits per heavy atom. The Morgan fingerprint density at radius 3 is 2.50 bits per heavy atom. The second-order valence-electron chi connectivity index (χ2n) is 4.67. The fraction of sp³-hybridized carbons (Fsp3) is 0.188.